The van der Waals surface area contributed by atoms with Crippen LogP contribution < -0.4 is 10.6 Å². The number of carboxylic acid groups (broad SMARTS) is 1. The van der Waals surface area contributed by atoms with Crippen molar-refractivity contribution in [1.82, 2.24) is 0 Å². The lowest BCUT2D eigenvalue weighted by atomic mass is 10.1. The van der Waals surface area contributed by atoms with Crippen molar-refractivity contribution in [2.45, 2.75) is 12.5 Å². The Hall–Kier alpha value is -0.970. The second-order valence-electron chi connectivity index (χ2n) is 3.59. The summed E-state index contributed by atoms with van der Waals surface area (Å²) in [4.78, 5) is 12.4. The van der Waals surface area contributed by atoms with Gasteiger partial charge >= 0.3 is 5.97 Å². The van der Waals surface area contributed by atoms with E-state index in [1.807, 2.05) is 24.3 Å². The summed E-state index contributed by atoms with van der Waals surface area (Å²) in [6.07, 6.45) is 0.303. The maximum absolute atomic E-state index is 10.6. The molecule has 0 bridgehead atoms. The molecule has 1 rings (SSSR count). The molecular weight excluding hydrogens is 263 g/mol. The number of benzene rings is 1. The summed E-state index contributed by atoms with van der Waals surface area (Å²) in [7, 11) is 0. The third-order valence-corrected chi connectivity index (χ3v) is 2.94. The average Bonchev–Trinajstić information content (AvgIpc) is 2.32. The molecule has 0 aromatic heterocycles. The molecule has 0 spiro atoms. The van der Waals surface area contributed by atoms with Crippen LogP contribution in [0.25, 0.3) is 0 Å². The summed E-state index contributed by atoms with van der Waals surface area (Å²) in [5.74, 6) is -1.00. The number of carbonyl (C=O) groups is 1. The Bertz CT molecular complexity index is 366. The van der Waals surface area contributed by atoms with Gasteiger partial charge in [-0.15, -0.1) is 23.2 Å². The smallest absolute Gasteiger partial charge is 0.320 e. The van der Waals surface area contributed by atoms with E-state index < -0.39 is 12.0 Å². The van der Waals surface area contributed by atoms with Gasteiger partial charge in [-0.25, -0.2) is 0 Å². The highest BCUT2D eigenvalue weighted by Gasteiger charge is 2.12. The average molecular weight is 277 g/mol. The fourth-order valence-corrected chi connectivity index (χ4v) is 1.89. The molecule has 0 fully saturated rings. The summed E-state index contributed by atoms with van der Waals surface area (Å²) in [6, 6.07) is 7.06. The molecule has 0 radical (unpaired) electrons. The minimum Gasteiger partial charge on any atom is -0.480 e. The van der Waals surface area contributed by atoms with Crippen LogP contribution in [0, 0.1) is 0 Å². The van der Waals surface area contributed by atoms with E-state index in [1.165, 1.54) is 0 Å². The highest BCUT2D eigenvalue weighted by atomic mass is 35.5. The first-order valence-corrected chi connectivity index (χ1v) is 6.09. The van der Waals surface area contributed by atoms with Gasteiger partial charge in [-0.1, -0.05) is 12.1 Å². The summed E-state index contributed by atoms with van der Waals surface area (Å²) in [6.45, 7) is 0. The lowest BCUT2D eigenvalue weighted by Gasteiger charge is -2.18. The van der Waals surface area contributed by atoms with Crippen LogP contribution in [-0.2, 0) is 11.2 Å². The number of anilines is 1. The van der Waals surface area contributed by atoms with Crippen molar-refractivity contribution in [1.29, 1.82) is 0 Å². The van der Waals surface area contributed by atoms with E-state index in [0.717, 1.165) is 11.3 Å². The Morgan fingerprint density at radius 1 is 1.29 bits per heavy atom. The lowest BCUT2D eigenvalue weighted by molar-refractivity contribution is -0.138. The molecule has 0 aliphatic rings. The van der Waals surface area contributed by atoms with Gasteiger partial charge in [0.2, 0.25) is 0 Å². The van der Waals surface area contributed by atoms with Crippen molar-refractivity contribution in [2.75, 3.05) is 16.9 Å². The molecule has 0 heterocycles. The number of hydrogen-bond acceptors (Lipinski definition) is 3. The number of aliphatic carboxylic acids is 1. The fraction of sp³-hybridized carbons (Fsp3) is 0.364. The van der Waals surface area contributed by atoms with E-state index in [2.05, 4.69) is 0 Å². The van der Waals surface area contributed by atoms with Gasteiger partial charge in [0.1, 0.15) is 6.04 Å². The number of nitrogens with zero attached hydrogens (tertiary/aromatic N) is 1. The van der Waals surface area contributed by atoms with Gasteiger partial charge in [0, 0.05) is 5.69 Å². The van der Waals surface area contributed by atoms with E-state index in [4.69, 9.17) is 34.0 Å². The van der Waals surface area contributed by atoms with E-state index >= 15 is 0 Å². The van der Waals surface area contributed by atoms with Crippen LogP contribution in [0.1, 0.15) is 5.56 Å². The summed E-state index contributed by atoms with van der Waals surface area (Å²) in [5.41, 5.74) is 7.21. The number of halogens is 2. The van der Waals surface area contributed by atoms with Gasteiger partial charge < -0.3 is 15.7 Å². The van der Waals surface area contributed by atoms with Gasteiger partial charge in [0.05, 0.1) is 12.0 Å². The minimum atomic E-state index is -1.00. The third kappa shape index (κ3) is 4.07. The van der Waals surface area contributed by atoms with E-state index in [-0.39, 0.29) is 0 Å². The molecule has 6 heteroatoms. The van der Waals surface area contributed by atoms with Crippen molar-refractivity contribution in [3.63, 3.8) is 0 Å². The van der Waals surface area contributed by atoms with Crippen molar-refractivity contribution < 1.29 is 9.90 Å². The highest BCUT2D eigenvalue weighted by molar-refractivity contribution is 6.22. The highest BCUT2D eigenvalue weighted by Crippen LogP contribution is 2.17. The van der Waals surface area contributed by atoms with Crippen LogP contribution in [0.15, 0.2) is 24.3 Å². The van der Waals surface area contributed by atoms with Crippen molar-refractivity contribution in [2.24, 2.45) is 5.73 Å². The second kappa shape index (κ2) is 6.69. The fourth-order valence-electron chi connectivity index (χ4n) is 1.35. The summed E-state index contributed by atoms with van der Waals surface area (Å²) < 4.78 is 0. The van der Waals surface area contributed by atoms with Gasteiger partial charge in [0.25, 0.3) is 0 Å². The van der Waals surface area contributed by atoms with Gasteiger partial charge in [-0.2, -0.15) is 0 Å². The van der Waals surface area contributed by atoms with E-state index in [0.29, 0.717) is 18.4 Å². The molecule has 0 saturated heterocycles. The Morgan fingerprint density at radius 3 is 2.24 bits per heavy atom. The first-order valence-electron chi connectivity index (χ1n) is 5.02. The van der Waals surface area contributed by atoms with E-state index in [1.54, 1.807) is 4.90 Å². The molecule has 94 valence electrons. The maximum Gasteiger partial charge on any atom is 0.320 e. The SMILES string of the molecule is N[C@@H](Cc1ccc(N(CCl)CCl)cc1)C(=O)O. The molecule has 4 nitrogen and oxygen atoms in total. The first-order chi connectivity index (χ1) is 8.08. The Balaban J connectivity index is 2.71. The maximum atomic E-state index is 10.6. The van der Waals surface area contributed by atoms with Crippen LogP contribution in [0.3, 0.4) is 0 Å². The lowest BCUT2D eigenvalue weighted by Crippen LogP contribution is -2.32. The molecule has 0 unspecified atom stereocenters. The number of nitrogens with two attached hydrogens (primary N) is 1. The predicted octanol–water partition coefficient (Wildman–Crippen LogP) is 1.84. The van der Waals surface area contributed by atoms with Crippen LogP contribution in [0.2, 0.25) is 0 Å². The molecule has 17 heavy (non-hydrogen) atoms. The Kier molecular flexibility index (Phi) is 5.55. The molecule has 1 aromatic rings. The van der Waals surface area contributed by atoms with Crippen molar-refractivity contribution in [3.8, 4) is 0 Å². The predicted molar refractivity (Wildman–Crippen MR) is 69.7 cm³/mol. The third-order valence-electron chi connectivity index (χ3n) is 2.36. The van der Waals surface area contributed by atoms with Crippen LogP contribution >= 0.6 is 23.2 Å². The largest absolute Gasteiger partial charge is 0.480 e. The standard InChI is InChI=1S/C11H14Cl2N2O2/c12-6-15(7-13)9-3-1-8(2-4-9)5-10(14)11(16)17/h1-4,10H,5-7,14H2,(H,16,17)/t10-/m0/s1. The zero-order valence-electron chi connectivity index (χ0n) is 9.14. The summed E-state index contributed by atoms with van der Waals surface area (Å²) in [5, 5.41) is 8.69. The zero-order valence-corrected chi connectivity index (χ0v) is 10.7. The quantitative estimate of drug-likeness (QED) is 0.615. The molecule has 0 amide bonds. The summed E-state index contributed by atoms with van der Waals surface area (Å²) >= 11 is 11.4. The monoisotopic (exact) mass is 276 g/mol. The molecule has 1 atom stereocenters. The number of hydrogen-bond donors (Lipinski definition) is 2. The van der Waals surface area contributed by atoms with Crippen LogP contribution in [-0.4, -0.2) is 29.1 Å². The molecule has 3 N–H and O–H groups in total. The van der Waals surface area contributed by atoms with Gasteiger partial charge in [0.15, 0.2) is 0 Å². The van der Waals surface area contributed by atoms with Gasteiger partial charge in [-0.3, -0.25) is 4.79 Å². The Labute approximate surface area is 110 Å². The van der Waals surface area contributed by atoms with Gasteiger partial charge in [-0.05, 0) is 24.1 Å². The number of rotatable bonds is 6. The second-order valence-corrected chi connectivity index (χ2v) is 4.07. The molecule has 0 saturated carbocycles. The van der Waals surface area contributed by atoms with Crippen LogP contribution in [0.4, 0.5) is 5.69 Å². The molecule has 0 aliphatic carbocycles. The topological polar surface area (TPSA) is 66.6 Å². The molecule has 0 aliphatic heterocycles. The number of alkyl halides is 2. The van der Waals surface area contributed by atoms with E-state index in [9.17, 15) is 4.79 Å². The molecule has 1 aromatic carbocycles. The van der Waals surface area contributed by atoms with Crippen LogP contribution in [0.5, 0.6) is 0 Å². The van der Waals surface area contributed by atoms with Crippen molar-refractivity contribution in [3.05, 3.63) is 29.8 Å². The molecular formula is C11H14Cl2N2O2. The van der Waals surface area contributed by atoms with Crippen molar-refractivity contribution >= 4 is 34.9 Å². The minimum absolute atomic E-state index is 0.303. The first kappa shape index (κ1) is 14.1. The number of carboxylic acids is 1. The zero-order chi connectivity index (χ0) is 12.8. The normalized spacial score (nSPS) is 12.2. The Morgan fingerprint density at radius 2 is 1.82 bits per heavy atom.